The highest BCUT2D eigenvalue weighted by atomic mass is 35.5. The maximum absolute atomic E-state index is 12.6. The summed E-state index contributed by atoms with van der Waals surface area (Å²) in [6.45, 7) is 1.39. The van der Waals surface area contributed by atoms with E-state index in [4.69, 9.17) is 16.3 Å². The van der Waals surface area contributed by atoms with Gasteiger partial charge >= 0.3 is 6.18 Å². The minimum absolute atomic E-state index is 0.0597. The van der Waals surface area contributed by atoms with Crippen molar-refractivity contribution in [3.05, 3.63) is 34.0 Å². The van der Waals surface area contributed by atoms with Gasteiger partial charge in [-0.1, -0.05) is 11.6 Å². The van der Waals surface area contributed by atoms with Crippen molar-refractivity contribution in [2.75, 3.05) is 19.1 Å². The highest BCUT2D eigenvalue weighted by molar-refractivity contribution is 6.30. The molecule has 0 atom stereocenters. The number of methoxy groups -OCH3 is 1. The normalized spacial score (nSPS) is 15.7. The Morgan fingerprint density at radius 2 is 1.96 bits per heavy atom. The highest BCUT2D eigenvalue weighted by Gasteiger charge is 2.37. The number of anilines is 1. The third-order valence-electron chi connectivity index (χ3n) is 3.11. The van der Waals surface area contributed by atoms with Crippen molar-refractivity contribution in [3.8, 4) is 0 Å². The van der Waals surface area contributed by atoms with Crippen molar-refractivity contribution < 1.29 is 27.5 Å². The molecule has 0 aliphatic carbocycles. The van der Waals surface area contributed by atoms with E-state index in [0.717, 1.165) is 6.07 Å². The molecule has 0 radical (unpaired) electrons. The van der Waals surface area contributed by atoms with Crippen LogP contribution in [0.15, 0.2) is 23.3 Å². The topological polar surface area (TPSA) is 71.5 Å². The number of carbonyl (C=O) groups excluding carboxylic acids is 2. The number of amides is 2. The summed E-state index contributed by atoms with van der Waals surface area (Å²) in [5, 5.41) is -0.140. The van der Waals surface area contributed by atoms with Gasteiger partial charge in [-0.2, -0.15) is 18.2 Å². The summed E-state index contributed by atoms with van der Waals surface area (Å²) in [7, 11) is 1.37. The van der Waals surface area contributed by atoms with Crippen LogP contribution in [0.3, 0.4) is 0 Å². The zero-order valence-electron chi connectivity index (χ0n) is 12.0. The summed E-state index contributed by atoms with van der Waals surface area (Å²) >= 11 is 5.49. The number of alkyl halides is 3. The van der Waals surface area contributed by atoms with Gasteiger partial charge in [-0.05, 0) is 19.1 Å². The van der Waals surface area contributed by atoms with Gasteiger partial charge in [-0.3, -0.25) is 15.0 Å². The van der Waals surface area contributed by atoms with Crippen LogP contribution < -0.4 is 5.43 Å². The second kappa shape index (κ2) is 6.17. The summed E-state index contributed by atoms with van der Waals surface area (Å²) in [6.07, 6.45) is -4.65. The fourth-order valence-electron chi connectivity index (χ4n) is 1.92. The molecule has 1 aliphatic heterocycles. The molecule has 1 N–H and O–H groups in total. The van der Waals surface area contributed by atoms with Gasteiger partial charge in [0.2, 0.25) is 0 Å². The number of hydrogen-bond acceptors (Lipinski definition) is 5. The first kappa shape index (κ1) is 17.2. The summed E-state index contributed by atoms with van der Waals surface area (Å²) in [4.78, 5) is 27.6. The van der Waals surface area contributed by atoms with Gasteiger partial charge in [0, 0.05) is 12.7 Å². The molecule has 6 nitrogen and oxygen atoms in total. The van der Waals surface area contributed by atoms with Crippen molar-refractivity contribution in [3.63, 3.8) is 0 Å². The third kappa shape index (κ3) is 3.30. The van der Waals surface area contributed by atoms with Crippen LogP contribution in [0.1, 0.15) is 12.5 Å². The first-order valence-electron chi connectivity index (χ1n) is 6.24. The van der Waals surface area contributed by atoms with E-state index in [1.807, 2.05) is 0 Å². The molecule has 1 aromatic heterocycles. The number of halogens is 4. The van der Waals surface area contributed by atoms with Crippen LogP contribution in [0.5, 0.6) is 0 Å². The average molecular weight is 350 g/mol. The average Bonchev–Trinajstić information content (AvgIpc) is 2.64. The van der Waals surface area contributed by atoms with E-state index >= 15 is 0 Å². The van der Waals surface area contributed by atoms with E-state index in [1.165, 1.54) is 14.0 Å². The Bertz CT molecular complexity index is 703. The van der Waals surface area contributed by atoms with Crippen LogP contribution in [0.2, 0.25) is 5.15 Å². The lowest BCUT2D eigenvalue weighted by atomic mass is 10.2. The molecule has 10 heteroatoms. The Kier molecular flexibility index (Phi) is 4.62. The lowest BCUT2D eigenvalue weighted by molar-refractivity contribution is -0.138. The number of ether oxygens (including phenoxy) is 1. The Morgan fingerprint density at radius 1 is 1.30 bits per heavy atom. The number of hydrogen-bond donors (Lipinski definition) is 1. The standard InChI is InChI=1S/C13H11ClF3N3O3/c1-6-7(5-23-2)12(22)20(11(6)21)19-9-4-3-8(10(14)18-9)13(15,16)17/h3-4H,5H2,1-2H3,(H,18,19). The minimum Gasteiger partial charge on any atom is -0.380 e. The highest BCUT2D eigenvalue weighted by Crippen LogP contribution is 2.34. The molecule has 0 fully saturated rings. The quantitative estimate of drug-likeness (QED) is 0.667. The smallest absolute Gasteiger partial charge is 0.380 e. The number of nitrogens with zero attached hydrogens (tertiary/aromatic N) is 2. The molecule has 0 bridgehead atoms. The molecule has 1 aromatic rings. The molecular formula is C13H11ClF3N3O3. The Morgan fingerprint density at radius 3 is 2.48 bits per heavy atom. The second-order valence-electron chi connectivity index (χ2n) is 4.63. The number of hydrazine groups is 1. The first-order valence-corrected chi connectivity index (χ1v) is 6.62. The Balaban J connectivity index is 2.23. The monoisotopic (exact) mass is 349 g/mol. The van der Waals surface area contributed by atoms with E-state index in [-0.39, 0.29) is 23.6 Å². The molecule has 124 valence electrons. The van der Waals surface area contributed by atoms with E-state index in [1.54, 1.807) is 0 Å². The third-order valence-corrected chi connectivity index (χ3v) is 3.40. The zero-order valence-corrected chi connectivity index (χ0v) is 12.7. The van der Waals surface area contributed by atoms with Crippen LogP contribution >= 0.6 is 11.6 Å². The van der Waals surface area contributed by atoms with Gasteiger partial charge in [0.05, 0.1) is 17.7 Å². The molecule has 0 aromatic carbocycles. The fraction of sp³-hybridized carbons (Fsp3) is 0.308. The van der Waals surface area contributed by atoms with Crippen LogP contribution in [0.4, 0.5) is 19.0 Å². The van der Waals surface area contributed by atoms with E-state index in [9.17, 15) is 22.8 Å². The summed E-state index contributed by atoms with van der Waals surface area (Å²) in [5.41, 5.74) is 1.58. The van der Waals surface area contributed by atoms with Crippen molar-refractivity contribution in [1.29, 1.82) is 0 Å². The lowest BCUT2D eigenvalue weighted by Gasteiger charge is -2.17. The van der Waals surface area contributed by atoms with Gasteiger partial charge in [-0.25, -0.2) is 4.98 Å². The predicted octanol–water partition coefficient (Wildman–Crippen LogP) is 2.41. The molecule has 2 rings (SSSR count). The maximum atomic E-state index is 12.6. The number of pyridine rings is 1. The number of nitrogens with one attached hydrogen (secondary N) is 1. The SMILES string of the molecule is COCC1=C(C)C(=O)N(Nc2ccc(C(F)(F)F)c(Cl)n2)C1=O. The molecule has 2 heterocycles. The van der Waals surface area contributed by atoms with Gasteiger partial charge in [0.15, 0.2) is 0 Å². The zero-order chi connectivity index (χ0) is 17.4. The van der Waals surface area contributed by atoms with Crippen molar-refractivity contribution >= 4 is 29.2 Å². The minimum atomic E-state index is -4.65. The maximum Gasteiger partial charge on any atom is 0.419 e. The van der Waals surface area contributed by atoms with E-state index < -0.39 is 28.7 Å². The Hall–Kier alpha value is -2.13. The van der Waals surface area contributed by atoms with Crippen LogP contribution in [0, 0.1) is 0 Å². The summed E-state index contributed by atoms with van der Waals surface area (Å²) < 4.78 is 42.7. The first-order chi connectivity index (χ1) is 10.7. The molecule has 0 saturated carbocycles. The number of imide groups is 1. The van der Waals surface area contributed by atoms with Gasteiger partial charge in [0.25, 0.3) is 11.8 Å². The number of carbonyl (C=O) groups is 2. The van der Waals surface area contributed by atoms with Crippen molar-refractivity contribution in [2.45, 2.75) is 13.1 Å². The number of rotatable bonds is 4. The van der Waals surface area contributed by atoms with Gasteiger partial charge < -0.3 is 4.74 Å². The second-order valence-corrected chi connectivity index (χ2v) is 4.98. The summed E-state index contributed by atoms with van der Waals surface area (Å²) in [6, 6.07) is 1.68. The van der Waals surface area contributed by atoms with Crippen molar-refractivity contribution in [2.24, 2.45) is 0 Å². The Labute approximate surface area is 133 Å². The molecule has 2 amide bonds. The summed E-state index contributed by atoms with van der Waals surface area (Å²) in [5.74, 6) is -1.47. The molecule has 0 spiro atoms. The van der Waals surface area contributed by atoms with Crippen LogP contribution in [-0.4, -0.2) is 35.5 Å². The molecule has 23 heavy (non-hydrogen) atoms. The van der Waals surface area contributed by atoms with Crippen LogP contribution in [0.25, 0.3) is 0 Å². The fourth-order valence-corrected chi connectivity index (χ4v) is 2.18. The molecule has 0 unspecified atom stereocenters. The molecule has 0 saturated heterocycles. The molecule has 1 aliphatic rings. The van der Waals surface area contributed by atoms with Crippen molar-refractivity contribution in [1.82, 2.24) is 9.99 Å². The van der Waals surface area contributed by atoms with Crippen LogP contribution in [-0.2, 0) is 20.5 Å². The lowest BCUT2D eigenvalue weighted by Crippen LogP contribution is -2.37. The van der Waals surface area contributed by atoms with E-state index in [2.05, 4.69) is 10.4 Å². The van der Waals surface area contributed by atoms with Gasteiger partial charge in [-0.15, -0.1) is 0 Å². The largest absolute Gasteiger partial charge is 0.419 e. The van der Waals surface area contributed by atoms with E-state index in [0.29, 0.717) is 11.1 Å². The predicted molar refractivity (Wildman–Crippen MR) is 74.3 cm³/mol. The number of aromatic nitrogens is 1. The van der Waals surface area contributed by atoms with Gasteiger partial charge in [0.1, 0.15) is 11.0 Å². The molecular weight excluding hydrogens is 339 g/mol.